The smallest absolute Gasteiger partial charge is 0.196 e. The van der Waals surface area contributed by atoms with E-state index in [4.69, 9.17) is 0 Å². The summed E-state index contributed by atoms with van der Waals surface area (Å²) in [5, 5.41) is 6.80. The molecule has 2 heterocycles. The molecular formula is C11H11N3O. The van der Waals surface area contributed by atoms with E-state index in [1.165, 1.54) is 0 Å². The molecule has 2 aromatic heterocycles. The molecule has 0 spiro atoms. The van der Waals surface area contributed by atoms with Crippen molar-refractivity contribution in [2.45, 2.75) is 13.8 Å². The number of hydrogen-bond acceptors (Lipinski definition) is 3. The summed E-state index contributed by atoms with van der Waals surface area (Å²) in [7, 11) is 0. The number of ketones is 1. The zero-order valence-electron chi connectivity index (χ0n) is 8.61. The van der Waals surface area contributed by atoms with Gasteiger partial charge in [-0.05, 0) is 26.0 Å². The second-order valence-electron chi connectivity index (χ2n) is 3.37. The molecule has 0 atom stereocenters. The number of hydrogen-bond donors (Lipinski definition) is 1. The third-order valence-electron chi connectivity index (χ3n) is 2.30. The lowest BCUT2D eigenvalue weighted by molar-refractivity contribution is 0.103. The molecule has 4 nitrogen and oxygen atoms in total. The van der Waals surface area contributed by atoms with Crippen LogP contribution >= 0.6 is 0 Å². The zero-order chi connectivity index (χ0) is 10.8. The maximum Gasteiger partial charge on any atom is 0.196 e. The molecule has 1 N–H and O–H groups in total. The molecule has 0 aromatic carbocycles. The van der Waals surface area contributed by atoms with E-state index in [0.717, 1.165) is 11.4 Å². The van der Waals surface area contributed by atoms with Crippen LogP contribution in [-0.4, -0.2) is 21.0 Å². The summed E-state index contributed by atoms with van der Waals surface area (Å²) in [6, 6.07) is 3.41. The molecule has 2 rings (SSSR count). The summed E-state index contributed by atoms with van der Waals surface area (Å²) in [5.41, 5.74) is 2.82. The molecule has 0 aliphatic carbocycles. The Balaban J connectivity index is 2.46. The minimum absolute atomic E-state index is 0.0128. The average Bonchev–Trinajstić information content (AvgIpc) is 2.59. The van der Waals surface area contributed by atoms with Crippen LogP contribution in [0.15, 0.2) is 24.5 Å². The first-order valence-corrected chi connectivity index (χ1v) is 4.66. The van der Waals surface area contributed by atoms with Crippen LogP contribution in [0.3, 0.4) is 0 Å². The highest BCUT2D eigenvalue weighted by atomic mass is 16.1. The predicted octanol–water partition coefficient (Wildman–Crippen LogP) is 1.65. The number of aromatic amines is 1. The summed E-state index contributed by atoms with van der Waals surface area (Å²) >= 11 is 0. The van der Waals surface area contributed by atoms with Gasteiger partial charge in [0.1, 0.15) is 0 Å². The van der Waals surface area contributed by atoms with E-state index >= 15 is 0 Å². The van der Waals surface area contributed by atoms with Crippen molar-refractivity contribution in [3.8, 4) is 0 Å². The van der Waals surface area contributed by atoms with E-state index in [1.807, 2.05) is 13.8 Å². The topological polar surface area (TPSA) is 58.6 Å². The fraction of sp³-hybridized carbons (Fsp3) is 0.182. The summed E-state index contributed by atoms with van der Waals surface area (Å²) < 4.78 is 0. The quantitative estimate of drug-likeness (QED) is 0.751. The standard InChI is InChI=1S/C11H11N3O/c1-7-10(8(2)14-13-7)11(15)9-3-5-12-6-4-9/h3-6H,1-2H3,(H,13,14). The van der Waals surface area contributed by atoms with Gasteiger partial charge in [-0.2, -0.15) is 5.10 Å². The van der Waals surface area contributed by atoms with Gasteiger partial charge in [-0.3, -0.25) is 14.9 Å². The number of nitrogens with zero attached hydrogens (tertiary/aromatic N) is 2. The Hall–Kier alpha value is -1.97. The first-order chi connectivity index (χ1) is 7.20. The number of carbonyl (C=O) groups excluding carboxylic acids is 1. The molecule has 76 valence electrons. The highest BCUT2D eigenvalue weighted by Gasteiger charge is 2.16. The Morgan fingerprint density at radius 2 is 1.93 bits per heavy atom. The van der Waals surface area contributed by atoms with Crippen molar-refractivity contribution >= 4 is 5.78 Å². The lowest BCUT2D eigenvalue weighted by Gasteiger charge is -1.99. The van der Waals surface area contributed by atoms with Crippen LogP contribution in [0.25, 0.3) is 0 Å². The number of H-pyrrole nitrogens is 1. The Bertz CT molecular complexity index is 468. The van der Waals surface area contributed by atoms with E-state index in [9.17, 15) is 4.79 Å². The monoisotopic (exact) mass is 201 g/mol. The van der Waals surface area contributed by atoms with Gasteiger partial charge in [0, 0.05) is 23.7 Å². The fourth-order valence-electron chi connectivity index (χ4n) is 1.53. The highest BCUT2D eigenvalue weighted by Crippen LogP contribution is 2.14. The largest absolute Gasteiger partial charge is 0.288 e. The molecule has 0 amide bonds. The SMILES string of the molecule is Cc1n[nH]c(C)c1C(=O)c1ccncc1. The van der Waals surface area contributed by atoms with Crippen LogP contribution in [0.1, 0.15) is 27.3 Å². The van der Waals surface area contributed by atoms with E-state index in [2.05, 4.69) is 15.2 Å². The van der Waals surface area contributed by atoms with Crippen molar-refractivity contribution in [3.05, 3.63) is 47.0 Å². The van der Waals surface area contributed by atoms with E-state index in [-0.39, 0.29) is 5.78 Å². The molecule has 0 saturated carbocycles. The van der Waals surface area contributed by atoms with Gasteiger partial charge in [-0.1, -0.05) is 0 Å². The van der Waals surface area contributed by atoms with Gasteiger partial charge in [-0.25, -0.2) is 0 Å². The van der Waals surface area contributed by atoms with Crippen LogP contribution in [-0.2, 0) is 0 Å². The summed E-state index contributed by atoms with van der Waals surface area (Å²) in [6.07, 6.45) is 3.22. The number of carbonyl (C=O) groups is 1. The van der Waals surface area contributed by atoms with E-state index in [1.54, 1.807) is 24.5 Å². The van der Waals surface area contributed by atoms with Crippen LogP contribution < -0.4 is 0 Å². The normalized spacial score (nSPS) is 10.3. The first kappa shape index (κ1) is 9.58. The lowest BCUT2D eigenvalue weighted by atomic mass is 10.0. The molecule has 0 saturated heterocycles. The third-order valence-corrected chi connectivity index (χ3v) is 2.30. The Morgan fingerprint density at radius 1 is 1.27 bits per heavy atom. The second-order valence-corrected chi connectivity index (χ2v) is 3.37. The minimum Gasteiger partial charge on any atom is -0.288 e. The van der Waals surface area contributed by atoms with Crippen molar-refractivity contribution in [3.63, 3.8) is 0 Å². The van der Waals surface area contributed by atoms with Crippen molar-refractivity contribution in [2.24, 2.45) is 0 Å². The Morgan fingerprint density at radius 3 is 2.47 bits per heavy atom. The number of aromatic nitrogens is 3. The van der Waals surface area contributed by atoms with Crippen molar-refractivity contribution in [2.75, 3.05) is 0 Å². The number of rotatable bonds is 2. The average molecular weight is 201 g/mol. The minimum atomic E-state index is -0.0128. The van der Waals surface area contributed by atoms with Crippen LogP contribution in [0, 0.1) is 13.8 Å². The lowest BCUT2D eigenvalue weighted by Crippen LogP contribution is -2.03. The van der Waals surface area contributed by atoms with Crippen LogP contribution in [0.5, 0.6) is 0 Å². The maximum atomic E-state index is 12.1. The highest BCUT2D eigenvalue weighted by molar-refractivity contribution is 6.10. The van der Waals surface area contributed by atoms with Gasteiger partial charge in [0.15, 0.2) is 5.78 Å². The predicted molar refractivity (Wildman–Crippen MR) is 55.7 cm³/mol. The number of aryl methyl sites for hydroxylation is 2. The molecule has 0 radical (unpaired) electrons. The Labute approximate surface area is 87.4 Å². The van der Waals surface area contributed by atoms with Crippen LogP contribution in [0.4, 0.5) is 0 Å². The van der Waals surface area contributed by atoms with Crippen molar-refractivity contribution in [1.29, 1.82) is 0 Å². The van der Waals surface area contributed by atoms with Gasteiger partial charge >= 0.3 is 0 Å². The van der Waals surface area contributed by atoms with Gasteiger partial charge in [-0.15, -0.1) is 0 Å². The molecule has 4 heteroatoms. The number of pyridine rings is 1. The Kier molecular flexibility index (Phi) is 2.33. The van der Waals surface area contributed by atoms with E-state index in [0.29, 0.717) is 11.1 Å². The molecule has 0 aliphatic rings. The molecule has 2 aromatic rings. The number of nitrogens with one attached hydrogen (secondary N) is 1. The van der Waals surface area contributed by atoms with Gasteiger partial charge in [0.05, 0.1) is 11.3 Å². The third kappa shape index (κ3) is 1.66. The molecule has 0 bridgehead atoms. The van der Waals surface area contributed by atoms with Crippen molar-refractivity contribution in [1.82, 2.24) is 15.2 Å². The fourth-order valence-corrected chi connectivity index (χ4v) is 1.53. The maximum absolute atomic E-state index is 12.1. The molecule has 0 aliphatic heterocycles. The van der Waals surface area contributed by atoms with Gasteiger partial charge < -0.3 is 0 Å². The second kappa shape index (κ2) is 3.65. The molecular weight excluding hydrogens is 190 g/mol. The van der Waals surface area contributed by atoms with Gasteiger partial charge in [0.25, 0.3) is 0 Å². The summed E-state index contributed by atoms with van der Waals surface area (Å²) in [6.45, 7) is 3.66. The molecule has 0 unspecified atom stereocenters. The molecule has 0 fully saturated rings. The summed E-state index contributed by atoms with van der Waals surface area (Å²) in [4.78, 5) is 15.9. The van der Waals surface area contributed by atoms with E-state index < -0.39 is 0 Å². The van der Waals surface area contributed by atoms with Crippen molar-refractivity contribution < 1.29 is 4.79 Å². The van der Waals surface area contributed by atoms with Gasteiger partial charge in [0.2, 0.25) is 0 Å². The summed E-state index contributed by atoms with van der Waals surface area (Å²) in [5.74, 6) is -0.0128. The molecule has 15 heavy (non-hydrogen) atoms. The zero-order valence-corrected chi connectivity index (χ0v) is 8.61. The first-order valence-electron chi connectivity index (χ1n) is 4.66. The van der Waals surface area contributed by atoms with Crippen LogP contribution in [0.2, 0.25) is 0 Å².